The van der Waals surface area contributed by atoms with Gasteiger partial charge in [0.25, 0.3) is 0 Å². The average molecular weight is 294 g/mol. The first-order valence-electron chi connectivity index (χ1n) is 5.89. The number of nitrogens with zero attached hydrogens (tertiary/aromatic N) is 2. The van der Waals surface area contributed by atoms with Gasteiger partial charge in [0, 0.05) is 16.8 Å². The predicted octanol–water partition coefficient (Wildman–Crippen LogP) is 3.41. The van der Waals surface area contributed by atoms with Crippen LogP contribution >= 0.6 is 22.9 Å². The lowest BCUT2D eigenvalue weighted by molar-refractivity contribution is 0.614. The SMILES string of the molecule is Cc1cc(Cl)cc2nc(-c3csc(CCN)n3)oc12. The van der Waals surface area contributed by atoms with Gasteiger partial charge in [0.15, 0.2) is 5.58 Å². The third-order valence-electron chi connectivity index (χ3n) is 2.77. The van der Waals surface area contributed by atoms with Crippen LogP contribution in [0.1, 0.15) is 10.6 Å². The minimum Gasteiger partial charge on any atom is -0.434 e. The molecule has 3 rings (SSSR count). The van der Waals surface area contributed by atoms with Gasteiger partial charge in [-0.3, -0.25) is 0 Å². The Bertz CT molecular complexity index is 735. The van der Waals surface area contributed by atoms with Gasteiger partial charge in [-0.1, -0.05) is 11.6 Å². The fraction of sp³-hybridized carbons (Fsp3) is 0.231. The van der Waals surface area contributed by atoms with Crippen molar-refractivity contribution in [3.63, 3.8) is 0 Å². The Labute approximate surface area is 119 Å². The molecule has 0 fully saturated rings. The summed E-state index contributed by atoms with van der Waals surface area (Å²) >= 11 is 7.58. The maximum absolute atomic E-state index is 6.02. The molecule has 0 saturated carbocycles. The monoisotopic (exact) mass is 293 g/mol. The summed E-state index contributed by atoms with van der Waals surface area (Å²) in [5, 5.41) is 3.59. The van der Waals surface area contributed by atoms with E-state index in [9.17, 15) is 0 Å². The Hall–Kier alpha value is -1.43. The summed E-state index contributed by atoms with van der Waals surface area (Å²) in [6, 6.07) is 3.66. The van der Waals surface area contributed by atoms with E-state index in [2.05, 4.69) is 9.97 Å². The summed E-state index contributed by atoms with van der Waals surface area (Å²) < 4.78 is 5.77. The van der Waals surface area contributed by atoms with Gasteiger partial charge >= 0.3 is 0 Å². The molecular formula is C13H12ClN3OS. The van der Waals surface area contributed by atoms with Crippen LogP contribution in [-0.4, -0.2) is 16.5 Å². The van der Waals surface area contributed by atoms with Crippen LogP contribution in [0.25, 0.3) is 22.7 Å². The molecule has 0 unspecified atom stereocenters. The van der Waals surface area contributed by atoms with Crippen molar-refractivity contribution in [3.05, 3.63) is 33.1 Å². The maximum Gasteiger partial charge on any atom is 0.247 e. The summed E-state index contributed by atoms with van der Waals surface area (Å²) in [6.07, 6.45) is 0.774. The van der Waals surface area contributed by atoms with Crippen molar-refractivity contribution in [3.8, 4) is 11.6 Å². The number of fused-ring (bicyclic) bond motifs is 1. The molecule has 0 amide bonds. The van der Waals surface area contributed by atoms with E-state index in [-0.39, 0.29) is 0 Å². The highest BCUT2D eigenvalue weighted by Gasteiger charge is 2.13. The maximum atomic E-state index is 6.02. The fourth-order valence-electron chi connectivity index (χ4n) is 1.91. The number of benzene rings is 1. The van der Waals surface area contributed by atoms with Gasteiger partial charge in [-0.2, -0.15) is 0 Å². The molecule has 0 spiro atoms. The van der Waals surface area contributed by atoms with Crippen molar-refractivity contribution in [2.45, 2.75) is 13.3 Å². The second-order valence-corrected chi connectivity index (χ2v) is 5.63. The number of hydrogen-bond donors (Lipinski definition) is 1. The van der Waals surface area contributed by atoms with Gasteiger partial charge < -0.3 is 10.2 Å². The van der Waals surface area contributed by atoms with Crippen molar-refractivity contribution in [1.29, 1.82) is 0 Å². The van der Waals surface area contributed by atoms with E-state index >= 15 is 0 Å². The summed E-state index contributed by atoms with van der Waals surface area (Å²) in [7, 11) is 0. The molecule has 98 valence electrons. The fourth-order valence-corrected chi connectivity index (χ4v) is 2.97. The van der Waals surface area contributed by atoms with E-state index in [4.69, 9.17) is 21.8 Å². The first-order valence-corrected chi connectivity index (χ1v) is 7.14. The molecule has 0 bridgehead atoms. The number of hydrogen-bond acceptors (Lipinski definition) is 5. The van der Waals surface area contributed by atoms with Crippen molar-refractivity contribution >= 4 is 34.0 Å². The number of oxazole rings is 1. The highest BCUT2D eigenvalue weighted by molar-refractivity contribution is 7.09. The van der Waals surface area contributed by atoms with E-state index in [0.29, 0.717) is 17.5 Å². The lowest BCUT2D eigenvalue weighted by Gasteiger charge is -1.93. The van der Waals surface area contributed by atoms with Crippen molar-refractivity contribution in [2.75, 3.05) is 6.54 Å². The first kappa shape index (κ1) is 12.6. The summed E-state index contributed by atoms with van der Waals surface area (Å²) in [5.41, 5.74) is 8.76. The Kier molecular flexibility index (Phi) is 3.26. The van der Waals surface area contributed by atoms with E-state index in [1.165, 1.54) is 0 Å². The summed E-state index contributed by atoms with van der Waals surface area (Å²) in [4.78, 5) is 8.91. The van der Waals surface area contributed by atoms with Crippen LogP contribution in [0.15, 0.2) is 21.9 Å². The number of aryl methyl sites for hydroxylation is 1. The van der Waals surface area contributed by atoms with Gasteiger partial charge in [0.05, 0.1) is 5.01 Å². The number of thiazole rings is 1. The molecule has 2 heterocycles. The molecule has 0 aliphatic heterocycles. The van der Waals surface area contributed by atoms with Crippen LogP contribution in [0.4, 0.5) is 0 Å². The molecule has 3 aromatic rings. The third-order valence-corrected chi connectivity index (χ3v) is 3.90. The Morgan fingerprint density at radius 2 is 2.21 bits per heavy atom. The number of rotatable bonds is 3. The normalized spacial score (nSPS) is 11.3. The molecule has 1 aromatic carbocycles. The zero-order chi connectivity index (χ0) is 13.4. The summed E-state index contributed by atoms with van der Waals surface area (Å²) in [5.74, 6) is 0.528. The molecule has 0 aliphatic rings. The van der Waals surface area contributed by atoms with Crippen LogP contribution in [0.3, 0.4) is 0 Å². The minimum atomic E-state index is 0.528. The molecule has 6 heteroatoms. The van der Waals surface area contributed by atoms with E-state index in [1.807, 2.05) is 18.4 Å². The Morgan fingerprint density at radius 1 is 1.37 bits per heavy atom. The number of aromatic nitrogens is 2. The third kappa shape index (κ3) is 2.36. The van der Waals surface area contributed by atoms with Crippen LogP contribution in [0.2, 0.25) is 5.02 Å². The number of halogens is 1. The molecule has 19 heavy (non-hydrogen) atoms. The topological polar surface area (TPSA) is 64.9 Å². The number of nitrogens with two attached hydrogens (primary N) is 1. The van der Waals surface area contributed by atoms with Crippen molar-refractivity contribution in [2.24, 2.45) is 5.73 Å². The molecule has 0 saturated heterocycles. The summed E-state index contributed by atoms with van der Waals surface area (Å²) in [6.45, 7) is 2.54. The minimum absolute atomic E-state index is 0.528. The largest absolute Gasteiger partial charge is 0.434 e. The second-order valence-electron chi connectivity index (χ2n) is 4.26. The van der Waals surface area contributed by atoms with Gasteiger partial charge in [0.1, 0.15) is 11.2 Å². The molecule has 4 nitrogen and oxygen atoms in total. The van der Waals surface area contributed by atoms with Crippen LogP contribution in [-0.2, 0) is 6.42 Å². The van der Waals surface area contributed by atoms with E-state index < -0.39 is 0 Å². The smallest absolute Gasteiger partial charge is 0.247 e. The lowest BCUT2D eigenvalue weighted by Crippen LogP contribution is -2.01. The Balaban J connectivity index is 2.07. The quantitative estimate of drug-likeness (QED) is 0.803. The van der Waals surface area contributed by atoms with E-state index in [0.717, 1.165) is 33.8 Å². The average Bonchev–Trinajstić information content (AvgIpc) is 2.95. The van der Waals surface area contributed by atoms with Gasteiger partial charge in [-0.05, 0) is 31.2 Å². The molecule has 2 aromatic heterocycles. The van der Waals surface area contributed by atoms with Crippen molar-refractivity contribution in [1.82, 2.24) is 9.97 Å². The predicted molar refractivity (Wildman–Crippen MR) is 77.6 cm³/mol. The van der Waals surface area contributed by atoms with Crippen LogP contribution in [0, 0.1) is 6.92 Å². The highest BCUT2D eigenvalue weighted by atomic mass is 35.5. The zero-order valence-corrected chi connectivity index (χ0v) is 11.9. The Morgan fingerprint density at radius 3 is 3.00 bits per heavy atom. The van der Waals surface area contributed by atoms with Crippen LogP contribution in [0.5, 0.6) is 0 Å². The van der Waals surface area contributed by atoms with E-state index in [1.54, 1.807) is 17.4 Å². The lowest BCUT2D eigenvalue weighted by atomic mass is 10.2. The molecule has 0 atom stereocenters. The molecule has 2 N–H and O–H groups in total. The zero-order valence-electron chi connectivity index (χ0n) is 10.3. The first-order chi connectivity index (χ1) is 9.17. The van der Waals surface area contributed by atoms with Crippen molar-refractivity contribution < 1.29 is 4.42 Å². The highest BCUT2D eigenvalue weighted by Crippen LogP contribution is 2.29. The van der Waals surface area contributed by atoms with Crippen LogP contribution < -0.4 is 5.73 Å². The molecular weight excluding hydrogens is 282 g/mol. The van der Waals surface area contributed by atoms with Gasteiger partial charge in [0.2, 0.25) is 5.89 Å². The molecule has 0 aliphatic carbocycles. The second kappa shape index (κ2) is 4.92. The molecule has 0 radical (unpaired) electrons. The standard InChI is InChI=1S/C13H12ClN3OS/c1-7-4-8(14)5-9-12(7)18-13(17-9)10-6-19-11(16-10)2-3-15/h4-6H,2-3,15H2,1H3. The van der Waals surface area contributed by atoms with Gasteiger partial charge in [-0.15, -0.1) is 11.3 Å². The van der Waals surface area contributed by atoms with Gasteiger partial charge in [-0.25, -0.2) is 9.97 Å².